The van der Waals surface area contributed by atoms with Gasteiger partial charge in [-0.05, 0) is 67.5 Å². The molecule has 1 aromatic heterocycles. The van der Waals surface area contributed by atoms with Crippen LogP contribution in [0, 0.1) is 0 Å². The normalized spacial score (nSPS) is 25.0. The summed E-state index contributed by atoms with van der Waals surface area (Å²) in [6, 6.07) is 9.55. The predicted molar refractivity (Wildman–Crippen MR) is 124 cm³/mol. The number of amides is 2. The van der Waals surface area contributed by atoms with E-state index in [9.17, 15) is 9.59 Å². The summed E-state index contributed by atoms with van der Waals surface area (Å²) in [5, 5.41) is 6.43. The van der Waals surface area contributed by atoms with Crippen molar-refractivity contribution in [2.45, 2.75) is 69.8 Å². The minimum absolute atomic E-state index is 0.0804. The predicted octanol–water partition coefficient (Wildman–Crippen LogP) is 3.31. The lowest BCUT2D eigenvalue weighted by atomic mass is 9.92. The molecular formula is C26H30N4O3. The van der Waals surface area contributed by atoms with Gasteiger partial charge in [0.1, 0.15) is 17.9 Å². The summed E-state index contributed by atoms with van der Waals surface area (Å²) in [5.41, 5.74) is 3.46. The molecule has 1 aromatic carbocycles. The lowest BCUT2D eigenvalue weighted by Crippen LogP contribution is -2.49. The number of benzene rings is 1. The largest absolute Gasteiger partial charge is 0.489 e. The van der Waals surface area contributed by atoms with E-state index in [4.69, 9.17) is 4.74 Å². The SMILES string of the molecule is C=C1CCC(N2Cc3cc(O[C@H]4CCCC[C@H]4NCc4cccnc4)ccc3C2=O)C(=O)N1. The number of ether oxygens (including phenoxy) is 1. The maximum Gasteiger partial charge on any atom is 0.255 e. The van der Waals surface area contributed by atoms with Gasteiger partial charge in [0.05, 0.1) is 0 Å². The van der Waals surface area contributed by atoms with E-state index in [-0.39, 0.29) is 24.0 Å². The Morgan fingerprint density at radius 2 is 2.06 bits per heavy atom. The third kappa shape index (κ3) is 4.64. The molecule has 7 heteroatoms. The number of nitrogens with one attached hydrogen (secondary N) is 2. The first-order valence-electron chi connectivity index (χ1n) is 11.8. The molecule has 1 saturated carbocycles. The number of carbonyl (C=O) groups is 2. The first kappa shape index (κ1) is 21.6. The van der Waals surface area contributed by atoms with Gasteiger partial charge in [-0.25, -0.2) is 0 Å². The molecule has 2 aliphatic heterocycles. The van der Waals surface area contributed by atoms with Gasteiger partial charge in [-0.3, -0.25) is 14.6 Å². The van der Waals surface area contributed by atoms with Gasteiger partial charge in [-0.15, -0.1) is 0 Å². The maximum atomic E-state index is 13.0. The number of rotatable bonds is 6. The Morgan fingerprint density at radius 1 is 1.18 bits per heavy atom. The van der Waals surface area contributed by atoms with Crippen LogP contribution in [0.1, 0.15) is 60.0 Å². The monoisotopic (exact) mass is 446 g/mol. The fourth-order valence-electron chi connectivity index (χ4n) is 5.10. The second-order valence-corrected chi connectivity index (χ2v) is 9.19. The second-order valence-electron chi connectivity index (χ2n) is 9.19. The zero-order valence-electron chi connectivity index (χ0n) is 18.8. The molecule has 5 rings (SSSR count). The summed E-state index contributed by atoms with van der Waals surface area (Å²) in [6.45, 7) is 5.03. The van der Waals surface area contributed by atoms with Crippen LogP contribution in [0.2, 0.25) is 0 Å². The van der Waals surface area contributed by atoms with Crippen molar-refractivity contribution in [1.29, 1.82) is 0 Å². The Labute approximate surface area is 194 Å². The van der Waals surface area contributed by atoms with Gasteiger partial charge in [-0.2, -0.15) is 0 Å². The summed E-state index contributed by atoms with van der Waals surface area (Å²) in [5.74, 6) is 0.552. The van der Waals surface area contributed by atoms with E-state index in [2.05, 4.69) is 28.3 Å². The van der Waals surface area contributed by atoms with Gasteiger partial charge in [0, 0.05) is 42.8 Å². The molecule has 1 aliphatic carbocycles. The quantitative estimate of drug-likeness (QED) is 0.711. The Morgan fingerprint density at radius 3 is 2.88 bits per heavy atom. The molecule has 3 aliphatic rings. The topological polar surface area (TPSA) is 83.6 Å². The van der Waals surface area contributed by atoms with Crippen molar-refractivity contribution in [3.05, 3.63) is 71.7 Å². The number of hydrogen-bond acceptors (Lipinski definition) is 5. The fourth-order valence-corrected chi connectivity index (χ4v) is 5.10. The van der Waals surface area contributed by atoms with E-state index in [0.29, 0.717) is 24.9 Å². The second kappa shape index (κ2) is 9.35. The molecule has 3 heterocycles. The summed E-state index contributed by atoms with van der Waals surface area (Å²) in [4.78, 5) is 31.2. The molecule has 2 amide bonds. The van der Waals surface area contributed by atoms with Gasteiger partial charge in [-0.1, -0.05) is 19.1 Å². The van der Waals surface area contributed by atoms with Crippen molar-refractivity contribution in [3.63, 3.8) is 0 Å². The number of fused-ring (bicyclic) bond motifs is 1. The van der Waals surface area contributed by atoms with Crippen molar-refractivity contribution in [2.24, 2.45) is 0 Å². The standard InChI is InChI=1S/C26H30N4O3/c1-17-8-11-23(25(31)29-17)30-16-19-13-20(9-10-21(19)26(30)32)33-24-7-3-2-6-22(24)28-15-18-5-4-12-27-14-18/h4-5,9-10,12-14,22-24,28H,1-3,6-8,11,15-16H2,(H,29,31)/t22-,23?,24+/m1/s1. The van der Waals surface area contributed by atoms with Crippen molar-refractivity contribution < 1.29 is 14.3 Å². The van der Waals surface area contributed by atoms with Gasteiger partial charge in [0.2, 0.25) is 5.91 Å². The van der Waals surface area contributed by atoms with Crippen LogP contribution in [-0.2, 0) is 17.9 Å². The summed E-state index contributed by atoms with van der Waals surface area (Å²) < 4.78 is 6.43. The molecule has 3 atom stereocenters. The molecule has 0 radical (unpaired) electrons. The number of carbonyl (C=O) groups excluding carboxylic acids is 2. The molecule has 0 spiro atoms. The van der Waals surface area contributed by atoms with Gasteiger partial charge >= 0.3 is 0 Å². The Balaban J connectivity index is 1.25. The van der Waals surface area contributed by atoms with Crippen LogP contribution in [0.4, 0.5) is 0 Å². The zero-order chi connectivity index (χ0) is 22.8. The van der Waals surface area contributed by atoms with Crippen molar-refractivity contribution in [1.82, 2.24) is 20.5 Å². The van der Waals surface area contributed by atoms with Gasteiger partial charge in [0.25, 0.3) is 5.91 Å². The summed E-state index contributed by atoms with van der Waals surface area (Å²) in [7, 11) is 0. The highest BCUT2D eigenvalue weighted by Gasteiger charge is 2.38. The average molecular weight is 447 g/mol. The maximum absolute atomic E-state index is 13.0. The summed E-state index contributed by atoms with van der Waals surface area (Å²) >= 11 is 0. The Hall–Kier alpha value is -3.19. The average Bonchev–Trinajstić information content (AvgIpc) is 3.14. The minimum atomic E-state index is -0.445. The number of allylic oxidation sites excluding steroid dienone is 1. The zero-order valence-corrected chi connectivity index (χ0v) is 18.8. The molecule has 172 valence electrons. The molecule has 2 N–H and O–H groups in total. The van der Waals surface area contributed by atoms with Crippen LogP contribution in [0.5, 0.6) is 5.75 Å². The highest BCUT2D eigenvalue weighted by atomic mass is 16.5. The molecular weight excluding hydrogens is 416 g/mol. The van der Waals surface area contributed by atoms with E-state index in [1.165, 1.54) is 6.42 Å². The van der Waals surface area contributed by atoms with E-state index in [1.807, 2.05) is 30.5 Å². The molecule has 2 aromatic rings. The van der Waals surface area contributed by atoms with Crippen LogP contribution in [0.15, 0.2) is 55.0 Å². The number of nitrogens with zero attached hydrogens (tertiary/aromatic N) is 2. The lowest BCUT2D eigenvalue weighted by Gasteiger charge is -2.32. The van der Waals surface area contributed by atoms with Crippen LogP contribution in [0.25, 0.3) is 0 Å². The third-order valence-corrected chi connectivity index (χ3v) is 6.89. The molecule has 33 heavy (non-hydrogen) atoms. The number of pyridine rings is 1. The first-order valence-corrected chi connectivity index (χ1v) is 11.8. The van der Waals surface area contributed by atoms with E-state index >= 15 is 0 Å². The van der Waals surface area contributed by atoms with Crippen LogP contribution >= 0.6 is 0 Å². The molecule has 7 nitrogen and oxygen atoms in total. The van der Waals surface area contributed by atoms with E-state index in [1.54, 1.807) is 11.1 Å². The number of hydrogen-bond donors (Lipinski definition) is 2. The van der Waals surface area contributed by atoms with Crippen LogP contribution < -0.4 is 15.4 Å². The summed E-state index contributed by atoms with van der Waals surface area (Å²) in [6.07, 6.45) is 9.47. The van der Waals surface area contributed by atoms with Crippen LogP contribution in [-0.4, -0.2) is 39.9 Å². The molecule has 0 bridgehead atoms. The van der Waals surface area contributed by atoms with Crippen molar-refractivity contribution in [2.75, 3.05) is 0 Å². The minimum Gasteiger partial charge on any atom is -0.489 e. The lowest BCUT2D eigenvalue weighted by molar-refractivity contribution is -0.126. The van der Waals surface area contributed by atoms with E-state index < -0.39 is 6.04 Å². The van der Waals surface area contributed by atoms with Crippen LogP contribution in [0.3, 0.4) is 0 Å². The third-order valence-electron chi connectivity index (χ3n) is 6.89. The smallest absolute Gasteiger partial charge is 0.255 e. The van der Waals surface area contributed by atoms with Gasteiger partial charge < -0.3 is 20.3 Å². The Bertz CT molecular complexity index is 1050. The van der Waals surface area contributed by atoms with Gasteiger partial charge in [0.15, 0.2) is 0 Å². The number of aromatic nitrogens is 1. The fraction of sp³-hybridized carbons (Fsp3) is 0.423. The molecule has 1 saturated heterocycles. The Kier molecular flexibility index (Phi) is 6.13. The van der Waals surface area contributed by atoms with Crippen molar-refractivity contribution in [3.8, 4) is 5.75 Å². The molecule has 1 unspecified atom stereocenters. The van der Waals surface area contributed by atoms with E-state index in [0.717, 1.165) is 48.4 Å². The first-order chi connectivity index (χ1) is 16.1. The van der Waals surface area contributed by atoms with Crippen molar-refractivity contribution >= 4 is 11.8 Å². The highest BCUT2D eigenvalue weighted by molar-refractivity contribution is 6.01. The molecule has 2 fully saturated rings. The number of piperidine rings is 1. The highest BCUT2D eigenvalue weighted by Crippen LogP contribution is 2.32.